The maximum atomic E-state index is 12.6. The van der Waals surface area contributed by atoms with Crippen LogP contribution in [0, 0.1) is 0 Å². The third-order valence-electron chi connectivity index (χ3n) is 4.26. The predicted octanol–water partition coefficient (Wildman–Crippen LogP) is 1.07. The van der Waals surface area contributed by atoms with E-state index in [9.17, 15) is 4.79 Å². The predicted molar refractivity (Wildman–Crippen MR) is 86.7 cm³/mol. The number of nitrogens with zero attached hydrogens (tertiary/aromatic N) is 2. The second-order valence-corrected chi connectivity index (χ2v) is 7.01. The van der Waals surface area contributed by atoms with E-state index in [1.807, 2.05) is 18.0 Å². The van der Waals surface area contributed by atoms with Crippen molar-refractivity contribution in [1.82, 2.24) is 15.1 Å². The molecular formula is C16H23N3OS. The summed E-state index contributed by atoms with van der Waals surface area (Å²) >= 11 is 1.72. The highest BCUT2D eigenvalue weighted by molar-refractivity contribution is 8.01. The Kier molecular flexibility index (Phi) is 4.83. The average molecular weight is 305 g/mol. The molecule has 0 aliphatic carbocycles. The largest absolute Gasteiger partial charge is 0.343 e. The smallest absolute Gasteiger partial charge is 0.236 e. The molecule has 1 saturated heterocycles. The normalized spacial score (nSPS) is 22.0. The van der Waals surface area contributed by atoms with E-state index in [2.05, 4.69) is 28.4 Å². The maximum Gasteiger partial charge on any atom is 0.236 e. The standard InChI is InChI=1S/C16H23N3OS/c1-18(10-11-19-8-6-17-7-9-19)16(20)15-12-13-4-2-3-5-14(13)21-15/h2-5,15,17H,6-12H2,1H3. The number of hydrogen-bond acceptors (Lipinski definition) is 4. The van der Waals surface area contributed by atoms with Gasteiger partial charge in [0, 0.05) is 51.2 Å². The van der Waals surface area contributed by atoms with Gasteiger partial charge in [-0.15, -0.1) is 11.8 Å². The fraction of sp³-hybridized carbons (Fsp3) is 0.562. The monoisotopic (exact) mass is 305 g/mol. The van der Waals surface area contributed by atoms with E-state index < -0.39 is 0 Å². The second-order valence-electron chi connectivity index (χ2n) is 5.77. The first kappa shape index (κ1) is 14.9. The zero-order valence-electron chi connectivity index (χ0n) is 12.5. The molecule has 114 valence electrons. The van der Waals surface area contributed by atoms with Gasteiger partial charge in [-0.25, -0.2) is 0 Å². The first-order valence-electron chi connectivity index (χ1n) is 7.66. The van der Waals surface area contributed by atoms with Crippen LogP contribution in [0.3, 0.4) is 0 Å². The Balaban J connectivity index is 1.49. The second kappa shape index (κ2) is 6.81. The molecular weight excluding hydrogens is 282 g/mol. The highest BCUT2D eigenvalue weighted by Crippen LogP contribution is 2.37. The van der Waals surface area contributed by atoms with Gasteiger partial charge in [0.1, 0.15) is 0 Å². The van der Waals surface area contributed by atoms with E-state index in [0.29, 0.717) is 0 Å². The lowest BCUT2D eigenvalue weighted by molar-refractivity contribution is -0.129. The number of carbonyl (C=O) groups excluding carboxylic acids is 1. The fourth-order valence-electron chi connectivity index (χ4n) is 2.90. The lowest BCUT2D eigenvalue weighted by Crippen LogP contribution is -2.47. The Labute approximate surface area is 130 Å². The molecule has 4 nitrogen and oxygen atoms in total. The minimum atomic E-state index is 0.0652. The fourth-order valence-corrected chi connectivity index (χ4v) is 4.21. The van der Waals surface area contributed by atoms with Crippen LogP contribution in [0.25, 0.3) is 0 Å². The molecule has 1 aromatic rings. The van der Waals surface area contributed by atoms with Gasteiger partial charge in [0.25, 0.3) is 0 Å². The number of rotatable bonds is 4. The van der Waals surface area contributed by atoms with Crippen LogP contribution >= 0.6 is 11.8 Å². The van der Waals surface area contributed by atoms with E-state index in [1.54, 1.807) is 11.8 Å². The van der Waals surface area contributed by atoms with Crippen LogP contribution in [0.2, 0.25) is 0 Å². The SMILES string of the molecule is CN(CCN1CCNCC1)C(=O)C1Cc2ccccc2S1. The molecule has 5 heteroatoms. The Morgan fingerprint density at radius 1 is 1.38 bits per heavy atom. The molecule has 0 saturated carbocycles. The Morgan fingerprint density at radius 3 is 2.90 bits per heavy atom. The Bertz CT molecular complexity index is 477. The van der Waals surface area contributed by atoms with Crippen molar-refractivity contribution in [3.63, 3.8) is 0 Å². The van der Waals surface area contributed by atoms with E-state index in [1.165, 1.54) is 10.5 Å². The summed E-state index contributed by atoms with van der Waals surface area (Å²) in [5.41, 5.74) is 1.32. The van der Waals surface area contributed by atoms with Crippen LogP contribution in [0.5, 0.6) is 0 Å². The third kappa shape index (κ3) is 3.59. The van der Waals surface area contributed by atoms with Crippen molar-refractivity contribution in [2.24, 2.45) is 0 Å². The van der Waals surface area contributed by atoms with Crippen LogP contribution < -0.4 is 5.32 Å². The highest BCUT2D eigenvalue weighted by Gasteiger charge is 2.30. The first-order valence-corrected chi connectivity index (χ1v) is 8.54. The number of benzene rings is 1. The summed E-state index contributed by atoms with van der Waals surface area (Å²) in [7, 11) is 1.94. The Hall–Kier alpha value is -1.04. The zero-order valence-corrected chi connectivity index (χ0v) is 13.4. The van der Waals surface area contributed by atoms with Crippen molar-refractivity contribution >= 4 is 17.7 Å². The van der Waals surface area contributed by atoms with Gasteiger partial charge in [0.05, 0.1) is 5.25 Å². The van der Waals surface area contributed by atoms with Gasteiger partial charge in [-0.3, -0.25) is 9.69 Å². The van der Waals surface area contributed by atoms with Crippen LogP contribution in [0.4, 0.5) is 0 Å². The van der Waals surface area contributed by atoms with E-state index in [4.69, 9.17) is 0 Å². The molecule has 0 bridgehead atoms. The molecule has 1 aromatic carbocycles. The molecule has 1 amide bonds. The molecule has 2 heterocycles. The first-order chi connectivity index (χ1) is 10.2. The van der Waals surface area contributed by atoms with E-state index in [-0.39, 0.29) is 11.2 Å². The summed E-state index contributed by atoms with van der Waals surface area (Å²) < 4.78 is 0. The lowest BCUT2D eigenvalue weighted by atomic mass is 10.1. The van der Waals surface area contributed by atoms with Gasteiger partial charge in [-0.05, 0) is 18.1 Å². The van der Waals surface area contributed by atoms with Gasteiger partial charge in [-0.2, -0.15) is 0 Å². The molecule has 1 N–H and O–H groups in total. The summed E-state index contributed by atoms with van der Waals surface area (Å²) in [6.45, 7) is 6.11. The zero-order chi connectivity index (χ0) is 14.7. The van der Waals surface area contributed by atoms with Crippen molar-refractivity contribution < 1.29 is 4.79 Å². The van der Waals surface area contributed by atoms with Crippen molar-refractivity contribution in [1.29, 1.82) is 0 Å². The molecule has 3 rings (SSSR count). The molecule has 2 aliphatic rings. The van der Waals surface area contributed by atoms with Crippen molar-refractivity contribution in [3.8, 4) is 0 Å². The molecule has 2 aliphatic heterocycles. The number of nitrogens with one attached hydrogen (secondary N) is 1. The van der Waals surface area contributed by atoms with Crippen LogP contribution in [-0.4, -0.2) is 67.3 Å². The van der Waals surface area contributed by atoms with E-state index in [0.717, 1.165) is 45.7 Å². The molecule has 0 aromatic heterocycles. The van der Waals surface area contributed by atoms with Crippen LogP contribution in [-0.2, 0) is 11.2 Å². The minimum absolute atomic E-state index is 0.0652. The van der Waals surface area contributed by atoms with Gasteiger partial charge in [-0.1, -0.05) is 18.2 Å². The number of thioether (sulfide) groups is 1. The molecule has 21 heavy (non-hydrogen) atoms. The van der Waals surface area contributed by atoms with Crippen molar-refractivity contribution in [2.45, 2.75) is 16.6 Å². The highest BCUT2D eigenvalue weighted by atomic mass is 32.2. The van der Waals surface area contributed by atoms with Gasteiger partial charge in [0.15, 0.2) is 0 Å². The molecule has 0 radical (unpaired) electrons. The van der Waals surface area contributed by atoms with Gasteiger partial charge in [0.2, 0.25) is 5.91 Å². The summed E-state index contributed by atoms with van der Waals surface area (Å²) in [5.74, 6) is 0.270. The number of amides is 1. The number of piperazine rings is 1. The number of hydrogen-bond donors (Lipinski definition) is 1. The van der Waals surface area contributed by atoms with Crippen LogP contribution in [0.15, 0.2) is 29.2 Å². The minimum Gasteiger partial charge on any atom is -0.343 e. The summed E-state index contributed by atoms with van der Waals surface area (Å²) in [4.78, 5) is 18.2. The molecule has 1 fully saturated rings. The van der Waals surface area contributed by atoms with Crippen molar-refractivity contribution in [2.75, 3.05) is 46.3 Å². The van der Waals surface area contributed by atoms with Crippen LogP contribution in [0.1, 0.15) is 5.56 Å². The van der Waals surface area contributed by atoms with Gasteiger partial charge >= 0.3 is 0 Å². The number of likely N-dealkylation sites (N-methyl/N-ethyl adjacent to an activating group) is 1. The van der Waals surface area contributed by atoms with Crippen molar-refractivity contribution in [3.05, 3.63) is 29.8 Å². The topological polar surface area (TPSA) is 35.6 Å². The quantitative estimate of drug-likeness (QED) is 0.902. The molecule has 1 unspecified atom stereocenters. The average Bonchev–Trinajstić information content (AvgIpc) is 2.97. The van der Waals surface area contributed by atoms with E-state index >= 15 is 0 Å². The summed E-state index contributed by atoms with van der Waals surface area (Å²) in [6, 6.07) is 8.36. The summed E-state index contributed by atoms with van der Waals surface area (Å²) in [6.07, 6.45) is 0.873. The molecule has 0 spiro atoms. The maximum absolute atomic E-state index is 12.6. The third-order valence-corrected chi connectivity index (χ3v) is 5.57. The number of carbonyl (C=O) groups is 1. The lowest BCUT2D eigenvalue weighted by Gasteiger charge is -2.29. The summed E-state index contributed by atoms with van der Waals surface area (Å²) in [5, 5.41) is 3.42. The Morgan fingerprint density at radius 2 is 2.14 bits per heavy atom. The number of fused-ring (bicyclic) bond motifs is 1. The molecule has 1 atom stereocenters. The van der Waals surface area contributed by atoms with Gasteiger partial charge < -0.3 is 10.2 Å².